The number of esters is 2. The molecule has 5 aromatic carbocycles. The Hall–Kier alpha value is -5.36. The van der Waals surface area contributed by atoms with Gasteiger partial charge in [0.15, 0.2) is 0 Å². The van der Waals surface area contributed by atoms with Crippen molar-refractivity contribution in [3.8, 4) is 33.8 Å². The Morgan fingerprint density at radius 3 is 1.37 bits per heavy atom. The Kier molecular flexibility index (Phi) is 12.8. The number of hydrogen-bond acceptors (Lipinski definition) is 6. The minimum Gasteiger partial charge on any atom is -0.507 e. The predicted octanol–water partition coefficient (Wildman–Crippen LogP) is 11.0. The molecule has 0 atom stereocenters. The molecule has 0 spiro atoms. The first-order valence-electron chi connectivity index (χ1n) is 17.3. The molecule has 51 heavy (non-hydrogen) atoms. The van der Waals surface area contributed by atoms with Crippen molar-refractivity contribution in [1.29, 1.82) is 0 Å². The monoisotopic (exact) mass is 686 g/mol. The number of ether oxygens (including phenoxy) is 3. The molecule has 0 bridgehead atoms. The first-order valence-corrected chi connectivity index (χ1v) is 17.3. The second kappa shape index (κ2) is 17.0. The van der Waals surface area contributed by atoms with E-state index in [1.165, 1.54) is 14.2 Å². The van der Waals surface area contributed by atoms with Gasteiger partial charge in [-0.2, -0.15) is 0 Å². The van der Waals surface area contributed by atoms with E-state index in [1.807, 2.05) is 74.5 Å². The van der Waals surface area contributed by atoms with E-state index >= 15 is 0 Å². The number of carbonyl (C=O) groups excluding carboxylic acids is 2. The summed E-state index contributed by atoms with van der Waals surface area (Å²) in [5, 5.41) is 9.91. The topological polar surface area (TPSA) is 82.1 Å². The average Bonchev–Trinajstić information content (AvgIpc) is 3.12. The van der Waals surface area contributed by atoms with Gasteiger partial charge in [0.05, 0.1) is 25.3 Å². The molecule has 266 valence electrons. The highest BCUT2D eigenvalue weighted by Gasteiger charge is 2.18. The minimum absolute atomic E-state index is 0.216. The molecule has 0 aromatic heterocycles. The minimum atomic E-state index is -0.312. The van der Waals surface area contributed by atoms with Crippen molar-refractivity contribution < 1.29 is 28.9 Å². The van der Waals surface area contributed by atoms with Crippen LogP contribution in [-0.4, -0.2) is 31.3 Å². The fourth-order valence-electron chi connectivity index (χ4n) is 6.23. The smallest absolute Gasteiger partial charge is 0.338 e. The highest BCUT2D eigenvalue weighted by Crippen LogP contribution is 2.34. The van der Waals surface area contributed by atoms with Crippen LogP contribution in [0.25, 0.3) is 22.3 Å². The zero-order valence-electron chi connectivity index (χ0n) is 31.5. The molecule has 0 heterocycles. The Labute approximate surface area is 303 Å². The zero-order chi connectivity index (χ0) is 37.4. The molecule has 0 saturated heterocycles. The molecule has 0 unspecified atom stereocenters. The number of phenols is 1. The van der Waals surface area contributed by atoms with Crippen molar-refractivity contribution in [2.75, 3.05) is 14.2 Å². The second-order valence-electron chi connectivity index (χ2n) is 13.6. The van der Waals surface area contributed by atoms with Crippen LogP contribution in [0.2, 0.25) is 0 Å². The highest BCUT2D eigenvalue weighted by molar-refractivity contribution is 5.93. The van der Waals surface area contributed by atoms with Gasteiger partial charge < -0.3 is 19.3 Å². The van der Waals surface area contributed by atoms with E-state index in [2.05, 4.69) is 71.9 Å². The normalized spacial score (nSPS) is 10.8. The summed E-state index contributed by atoms with van der Waals surface area (Å²) < 4.78 is 15.9. The molecule has 5 aromatic rings. The van der Waals surface area contributed by atoms with E-state index in [1.54, 1.807) is 0 Å². The summed E-state index contributed by atoms with van der Waals surface area (Å²) in [7, 11) is 2.81. The number of rotatable bonds is 9. The van der Waals surface area contributed by atoms with E-state index < -0.39 is 0 Å². The molecule has 6 nitrogen and oxygen atoms in total. The number of aromatic hydroxyl groups is 1. The molecule has 0 saturated carbocycles. The van der Waals surface area contributed by atoms with Crippen LogP contribution in [0.5, 0.6) is 11.5 Å². The molecule has 0 amide bonds. The summed E-state index contributed by atoms with van der Waals surface area (Å²) in [6, 6.07) is 30.1. The third-order valence-electron chi connectivity index (χ3n) is 9.00. The maximum Gasteiger partial charge on any atom is 0.338 e. The van der Waals surface area contributed by atoms with Crippen LogP contribution in [0.15, 0.2) is 91.0 Å². The van der Waals surface area contributed by atoms with Crippen molar-refractivity contribution >= 4 is 11.9 Å². The molecular weight excluding hydrogens is 636 g/mol. The Balaban J connectivity index is 0.000000238. The van der Waals surface area contributed by atoms with Gasteiger partial charge in [-0.15, -0.1) is 0 Å². The van der Waals surface area contributed by atoms with E-state index in [-0.39, 0.29) is 23.8 Å². The van der Waals surface area contributed by atoms with Gasteiger partial charge in [-0.25, -0.2) is 9.59 Å². The van der Waals surface area contributed by atoms with Crippen molar-refractivity contribution in [3.63, 3.8) is 0 Å². The molecule has 0 aliphatic carbocycles. The summed E-state index contributed by atoms with van der Waals surface area (Å²) in [6.45, 7) is 16.7. The number of phenolic OH excluding ortho intramolecular Hbond substituents is 1. The van der Waals surface area contributed by atoms with Gasteiger partial charge in [-0.05, 0) is 137 Å². The molecule has 0 aliphatic rings. The van der Waals surface area contributed by atoms with Gasteiger partial charge >= 0.3 is 11.9 Å². The van der Waals surface area contributed by atoms with Crippen molar-refractivity contribution in [2.24, 2.45) is 0 Å². The van der Waals surface area contributed by atoms with Crippen LogP contribution in [0.1, 0.15) is 99.2 Å². The summed E-state index contributed by atoms with van der Waals surface area (Å²) in [5.74, 6) is 1.09. The predicted molar refractivity (Wildman–Crippen MR) is 206 cm³/mol. The Bertz CT molecular complexity index is 1960. The fraction of sp³-hybridized carbons (Fsp3) is 0.289. The second-order valence-corrected chi connectivity index (χ2v) is 13.6. The highest BCUT2D eigenvalue weighted by atomic mass is 16.5. The Morgan fingerprint density at radius 1 is 0.569 bits per heavy atom. The lowest BCUT2D eigenvalue weighted by Crippen LogP contribution is -2.07. The molecule has 0 aliphatic heterocycles. The summed E-state index contributed by atoms with van der Waals surface area (Å²) in [4.78, 5) is 24.0. The summed E-state index contributed by atoms with van der Waals surface area (Å²) in [5.41, 5.74) is 12.5. The Morgan fingerprint density at radius 2 is 0.980 bits per heavy atom. The standard InChI is InChI=1S/C26H28O3.C19H22O3/c1-17(2)24-15-21(11-12-23(24)26(27)28-5)22-13-18(3)25(19(4)14-22)29-16-20-9-7-6-8-10-20;1-11(2)17-10-14(6-7-16(17)19(21)22-5)15-8-12(3)18(20)13(4)9-15/h6-15,17H,16H2,1-5H3;6-11,20H,1-5H3. The molecule has 1 N–H and O–H groups in total. The number of methoxy groups -OCH3 is 2. The lowest BCUT2D eigenvalue weighted by atomic mass is 9.91. The van der Waals surface area contributed by atoms with Crippen molar-refractivity contribution in [2.45, 2.75) is 73.8 Å². The van der Waals surface area contributed by atoms with Gasteiger partial charge in [0, 0.05) is 0 Å². The van der Waals surface area contributed by atoms with E-state index in [4.69, 9.17) is 14.2 Å². The van der Waals surface area contributed by atoms with Gasteiger partial charge in [0.25, 0.3) is 0 Å². The van der Waals surface area contributed by atoms with Crippen molar-refractivity contribution in [1.82, 2.24) is 0 Å². The summed E-state index contributed by atoms with van der Waals surface area (Å²) in [6.07, 6.45) is 0. The quantitative estimate of drug-likeness (QED) is 0.155. The van der Waals surface area contributed by atoms with E-state index in [9.17, 15) is 14.7 Å². The van der Waals surface area contributed by atoms with Gasteiger partial charge in [-0.1, -0.05) is 82.3 Å². The van der Waals surface area contributed by atoms with E-state index in [0.717, 1.165) is 66.9 Å². The largest absolute Gasteiger partial charge is 0.507 e. The first kappa shape index (κ1) is 38.4. The van der Waals surface area contributed by atoms with Crippen LogP contribution in [-0.2, 0) is 16.1 Å². The molecule has 5 rings (SSSR count). The van der Waals surface area contributed by atoms with Gasteiger partial charge in [0.1, 0.15) is 18.1 Å². The molecule has 0 fully saturated rings. The van der Waals surface area contributed by atoms with Crippen LogP contribution in [0, 0.1) is 27.7 Å². The number of hydrogen-bond donors (Lipinski definition) is 1. The lowest BCUT2D eigenvalue weighted by Gasteiger charge is -2.16. The maximum atomic E-state index is 12.1. The third-order valence-corrected chi connectivity index (χ3v) is 9.00. The number of carbonyl (C=O) groups is 2. The van der Waals surface area contributed by atoms with E-state index in [0.29, 0.717) is 23.5 Å². The average molecular weight is 687 g/mol. The zero-order valence-corrected chi connectivity index (χ0v) is 31.5. The summed E-state index contributed by atoms with van der Waals surface area (Å²) >= 11 is 0. The fourth-order valence-corrected chi connectivity index (χ4v) is 6.23. The molecule has 0 radical (unpaired) electrons. The first-order chi connectivity index (χ1) is 24.2. The molecule has 6 heteroatoms. The number of aryl methyl sites for hydroxylation is 4. The lowest BCUT2D eigenvalue weighted by molar-refractivity contribution is 0.0590. The maximum absolute atomic E-state index is 12.1. The van der Waals surface area contributed by atoms with Crippen molar-refractivity contribution in [3.05, 3.63) is 141 Å². The SMILES string of the molecule is COC(=O)c1ccc(-c2cc(C)c(O)c(C)c2)cc1C(C)C.COC(=O)c1ccc(-c2cc(C)c(OCc3ccccc3)c(C)c2)cc1C(C)C. The number of benzene rings is 5. The van der Waals surface area contributed by atoms with Crippen LogP contribution in [0.4, 0.5) is 0 Å². The molecular formula is C45H50O6. The van der Waals surface area contributed by atoms with Gasteiger partial charge in [-0.3, -0.25) is 0 Å². The van der Waals surface area contributed by atoms with Crippen LogP contribution in [0.3, 0.4) is 0 Å². The van der Waals surface area contributed by atoms with Crippen LogP contribution < -0.4 is 4.74 Å². The van der Waals surface area contributed by atoms with Crippen LogP contribution >= 0.6 is 0 Å². The third kappa shape index (κ3) is 9.26. The van der Waals surface area contributed by atoms with Gasteiger partial charge in [0.2, 0.25) is 0 Å².